The molecule has 1 fully saturated rings. The summed E-state index contributed by atoms with van der Waals surface area (Å²) in [6.45, 7) is 16.7. The Bertz CT molecular complexity index is 715. The summed E-state index contributed by atoms with van der Waals surface area (Å²) in [5.74, 6) is 2.48. The number of aromatic nitrogens is 3. The first-order valence-electron chi connectivity index (χ1n) is 10.0. The minimum atomic E-state index is 0.302. The van der Waals surface area contributed by atoms with Gasteiger partial charge in [-0.25, -0.2) is 9.67 Å². The zero-order chi connectivity index (χ0) is 18.9. The van der Waals surface area contributed by atoms with E-state index in [4.69, 9.17) is 10.1 Å². The highest BCUT2D eigenvalue weighted by atomic mass is 15.4. The van der Waals surface area contributed by atoms with Gasteiger partial charge in [-0.3, -0.25) is 4.90 Å². The summed E-state index contributed by atoms with van der Waals surface area (Å²) in [6, 6.07) is 9.10. The van der Waals surface area contributed by atoms with Crippen molar-refractivity contribution in [1.29, 1.82) is 0 Å². The van der Waals surface area contributed by atoms with Crippen LogP contribution in [-0.2, 0) is 6.54 Å². The molecule has 1 aromatic heterocycles. The van der Waals surface area contributed by atoms with Crippen LogP contribution in [0.25, 0.3) is 11.4 Å². The number of rotatable bonds is 5. The predicted molar refractivity (Wildman–Crippen MR) is 108 cm³/mol. The topological polar surface area (TPSA) is 34.0 Å². The predicted octanol–water partition coefficient (Wildman–Crippen LogP) is 5.27. The normalized spacial score (nSPS) is 18.0. The van der Waals surface area contributed by atoms with Crippen LogP contribution in [0.15, 0.2) is 24.3 Å². The SMILES string of the molecule is CC(C)c1ccc(-c2nc(CN3CCC(C)(C)CC3)nn2C(C)C)cc1. The quantitative estimate of drug-likeness (QED) is 0.733. The van der Waals surface area contributed by atoms with Crippen molar-refractivity contribution in [2.24, 2.45) is 5.41 Å². The Morgan fingerprint density at radius 1 is 1.00 bits per heavy atom. The van der Waals surface area contributed by atoms with Gasteiger partial charge in [0.1, 0.15) is 0 Å². The smallest absolute Gasteiger partial charge is 0.165 e. The number of hydrogen-bond donors (Lipinski definition) is 0. The highest BCUT2D eigenvalue weighted by molar-refractivity contribution is 5.56. The fourth-order valence-electron chi connectivity index (χ4n) is 3.52. The maximum atomic E-state index is 4.92. The van der Waals surface area contributed by atoms with E-state index in [2.05, 4.69) is 75.4 Å². The van der Waals surface area contributed by atoms with E-state index in [-0.39, 0.29) is 0 Å². The molecule has 2 heterocycles. The van der Waals surface area contributed by atoms with Crippen molar-refractivity contribution >= 4 is 0 Å². The molecule has 4 nitrogen and oxygen atoms in total. The summed E-state index contributed by atoms with van der Waals surface area (Å²) in [5, 5.41) is 4.84. The molecule has 0 radical (unpaired) electrons. The second-order valence-electron chi connectivity index (χ2n) is 9.11. The van der Waals surface area contributed by atoms with Gasteiger partial charge in [0.05, 0.1) is 6.54 Å². The molecule has 3 rings (SSSR count). The van der Waals surface area contributed by atoms with Crippen LogP contribution in [0.2, 0.25) is 0 Å². The van der Waals surface area contributed by atoms with Gasteiger partial charge in [-0.05, 0) is 56.7 Å². The summed E-state index contributed by atoms with van der Waals surface area (Å²) in [5.41, 5.74) is 2.99. The zero-order valence-electron chi connectivity index (χ0n) is 17.3. The molecule has 0 aliphatic carbocycles. The monoisotopic (exact) mass is 354 g/mol. The average Bonchev–Trinajstić information content (AvgIpc) is 3.01. The van der Waals surface area contributed by atoms with Crippen LogP contribution in [0.3, 0.4) is 0 Å². The highest BCUT2D eigenvalue weighted by Crippen LogP contribution is 2.30. The summed E-state index contributed by atoms with van der Waals surface area (Å²) in [6.07, 6.45) is 2.50. The first kappa shape index (κ1) is 19.1. The van der Waals surface area contributed by atoms with Gasteiger partial charge in [0.2, 0.25) is 0 Å². The van der Waals surface area contributed by atoms with E-state index in [9.17, 15) is 0 Å². The van der Waals surface area contributed by atoms with Crippen LogP contribution >= 0.6 is 0 Å². The van der Waals surface area contributed by atoms with Crippen molar-refractivity contribution in [3.05, 3.63) is 35.7 Å². The Labute approximate surface area is 158 Å². The van der Waals surface area contributed by atoms with Crippen LogP contribution in [0, 0.1) is 5.41 Å². The molecular weight excluding hydrogens is 320 g/mol. The third-order valence-corrected chi connectivity index (χ3v) is 5.57. The van der Waals surface area contributed by atoms with Crippen molar-refractivity contribution in [1.82, 2.24) is 19.7 Å². The van der Waals surface area contributed by atoms with E-state index in [0.717, 1.165) is 36.8 Å². The molecule has 0 saturated carbocycles. The molecule has 0 bridgehead atoms. The molecule has 1 aromatic carbocycles. The Kier molecular flexibility index (Phi) is 5.52. The highest BCUT2D eigenvalue weighted by Gasteiger charge is 2.26. The van der Waals surface area contributed by atoms with E-state index < -0.39 is 0 Å². The first-order valence-corrected chi connectivity index (χ1v) is 10.0. The largest absolute Gasteiger partial charge is 0.296 e. The minimum absolute atomic E-state index is 0.302. The van der Waals surface area contributed by atoms with Gasteiger partial charge < -0.3 is 0 Å². The Hall–Kier alpha value is -1.68. The fourth-order valence-corrected chi connectivity index (χ4v) is 3.52. The number of benzene rings is 1. The van der Waals surface area contributed by atoms with Gasteiger partial charge in [-0.2, -0.15) is 5.10 Å². The Morgan fingerprint density at radius 2 is 1.62 bits per heavy atom. The van der Waals surface area contributed by atoms with Crippen LogP contribution in [0.5, 0.6) is 0 Å². The number of nitrogens with zero attached hydrogens (tertiary/aromatic N) is 4. The van der Waals surface area contributed by atoms with Gasteiger partial charge in [-0.15, -0.1) is 0 Å². The summed E-state index contributed by atoms with van der Waals surface area (Å²) in [4.78, 5) is 7.41. The zero-order valence-corrected chi connectivity index (χ0v) is 17.3. The van der Waals surface area contributed by atoms with Gasteiger partial charge in [0.25, 0.3) is 0 Å². The van der Waals surface area contributed by atoms with Crippen molar-refractivity contribution in [2.45, 2.75) is 72.9 Å². The maximum Gasteiger partial charge on any atom is 0.165 e. The molecule has 0 spiro atoms. The second kappa shape index (κ2) is 7.51. The van der Waals surface area contributed by atoms with Crippen molar-refractivity contribution in [3.63, 3.8) is 0 Å². The third kappa shape index (κ3) is 4.35. The van der Waals surface area contributed by atoms with E-state index in [0.29, 0.717) is 17.4 Å². The van der Waals surface area contributed by atoms with Crippen LogP contribution < -0.4 is 0 Å². The molecule has 0 atom stereocenters. The average molecular weight is 355 g/mol. The van der Waals surface area contributed by atoms with Gasteiger partial charge in [0, 0.05) is 11.6 Å². The number of likely N-dealkylation sites (tertiary alicyclic amines) is 1. The van der Waals surface area contributed by atoms with Gasteiger partial charge >= 0.3 is 0 Å². The lowest BCUT2D eigenvalue weighted by Gasteiger charge is -2.36. The standard InChI is InChI=1S/C22H34N4/c1-16(2)18-7-9-19(10-8-18)21-23-20(24-26(21)17(3)4)15-25-13-11-22(5,6)12-14-25/h7-10,16-17H,11-15H2,1-6H3. The fraction of sp³-hybridized carbons (Fsp3) is 0.636. The van der Waals surface area contributed by atoms with Gasteiger partial charge in [-0.1, -0.05) is 52.0 Å². The van der Waals surface area contributed by atoms with E-state index in [1.165, 1.54) is 18.4 Å². The van der Waals surface area contributed by atoms with Crippen LogP contribution in [0.1, 0.15) is 77.7 Å². The molecule has 1 saturated heterocycles. The van der Waals surface area contributed by atoms with Crippen LogP contribution in [-0.4, -0.2) is 32.8 Å². The van der Waals surface area contributed by atoms with E-state index in [1.807, 2.05) is 0 Å². The minimum Gasteiger partial charge on any atom is -0.296 e. The Morgan fingerprint density at radius 3 is 2.15 bits per heavy atom. The lowest BCUT2D eigenvalue weighted by molar-refractivity contribution is 0.124. The van der Waals surface area contributed by atoms with Gasteiger partial charge in [0.15, 0.2) is 11.6 Å². The molecule has 0 N–H and O–H groups in total. The van der Waals surface area contributed by atoms with Crippen molar-refractivity contribution in [2.75, 3.05) is 13.1 Å². The molecule has 2 aromatic rings. The molecule has 0 amide bonds. The molecule has 142 valence electrons. The van der Waals surface area contributed by atoms with Crippen molar-refractivity contribution < 1.29 is 0 Å². The lowest BCUT2D eigenvalue weighted by Crippen LogP contribution is -2.37. The van der Waals surface area contributed by atoms with E-state index in [1.54, 1.807) is 0 Å². The lowest BCUT2D eigenvalue weighted by atomic mass is 9.83. The maximum absolute atomic E-state index is 4.92. The summed E-state index contributed by atoms with van der Waals surface area (Å²) < 4.78 is 2.08. The molecule has 4 heteroatoms. The van der Waals surface area contributed by atoms with Crippen LogP contribution in [0.4, 0.5) is 0 Å². The van der Waals surface area contributed by atoms with E-state index >= 15 is 0 Å². The second-order valence-corrected chi connectivity index (χ2v) is 9.11. The molecular formula is C22H34N4. The third-order valence-electron chi connectivity index (χ3n) is 5.57. The Balaban J connectivity index is 1.80. The molecule has 1 aliphatic rings. The first-order chi connectivity index (χ1) is 12.2. The molecule has 0 unspecified atom stereocenters. The number of hydrogen-bond acceptors (Lipinski definition) is 3. The summed E-state index contributed by atoms with van der Waals surface area (Å²) in [7, 11) is 0. The molecule has 26 heavy (non-hydrogen) atoms. The number of piperidine rings is 1. The molecule has 1 aliphatic heterocycles. The van der Waals surface area contributed by atoms with Crippen molar-refractivity contribution in [3.8, 4) is 11.4 Å². The summed E-state index contributed by atoms with van der Waals surface area (Å²) >= 11 is 0.